The van der Waals surface area contributed by atoms with E-state index in [0.717, 1.165) is 6.26 Å². The first kappa shape index (κ1) is 21.4. The number of hydrogen-bond acceptors (Lipinski definition) is 5. The van der Waals surface area contributed by atoms with Gasteiger partial charge in [-0.3, -0.25) is 24.1 Å². The van der Waals surface area contributed by atoms with Gasteiger partial charge in [-0.2, -0.15) is 5.10 Å². The fourth-order valence-corrected chi connectivity index (χ4v) is 4.54. The van der Waals surface area contributed by atoms with Crippen LogP contribution in [0.5, 0.6) is 0 Å². The molecule has 0 aliphatic rings. The Balaban J connectivity index is 2.20. The maximum atomic E-state index is 13.1. The zero-order valence-corrected chi connectivity index (χ0v) is 18.2. The Kier molecular flexibility index (Phi) is 5.75. The minimum absolute atomic E-state index is 0.0130. The molecule has 0 atom stereocenters. The molecule has 154 valence electrons. The lowest BCUT2D eigenvalue weighted by atomic mass is 10.0. The van der Waals surface area contributed by atoms with E-state index in [1.165, 1.54) is 40.9 Å². The first-order chi connectivity index (χ1) is 13.5. The number of halogens is 2. The van der Waals surface area contributed by atoms with Crippen molar-refractivity contribution in [3.63, 3.8) is 0 Å². The molecule has 0 saturated carbocycles. The standard InChI is InChI=1S/C18H18Cl2N4O4S/c1-4-13-15(18(26)23(2)22-13)17(25)11-5-6-14(29(3,27)28)12(16(11)20)9-24-8-10(19)7-21-24/h5-8,22H,4,9H2,1-3H3. The molecular weight excluding hydrogens is 439 g/mol. The van der Waals surface area contributed by atoms with Crippen LogP contribution in [0.4, 0.5) is 0 Å². The molecule has 2 aromatic heterocycles. The Morgan fingerprint density at radius 1 is 1.28 bits per heavy atom. The lowest BCUT2D eigenvalue weighted by Crippen LogP contribution is -2.20. The zero-order valence-electron chi connectivity index (χ0n) is 15.9. The maximum Gasteiger partial charge on any atom is 0.277 e. The van der Waals surface area contributed by atoms with E-state index in [9.17, 15) is 18.0 Å². The normalized spacial score (nSPS) is 11.8. The Labute approximate surface area is 177 Å². The maximum absolute atomic E-state index is 13.1. The quantitative estimate of drug-likeness (QED) is 0.573. The largest absolute Gasteiger partial charge is 0.299 e. The molecule has 0 aliphatic heterocycles. The lowest BCUT2D eigenvalue weighted by Gasteiger charge is -2.14. The third kappa shape index (κ3) is 4.03. The fourth-order valence-electron chi connectivity index (χ4n) is 3.09. The molecule has 0 amide bonds. The summed E-state index contributed by atoms with van der Waals surface area (Å²) in [5.74, 6) is -0.575. The van der Waals surface area contributed by atoms with Crippen LogP contribution in [-0.4, -0.2) is 40.0 Å². The average Bonchev–Trinajstić information content (AvgIpc) is 3.18. The smallest absolute Gasteiger partial charge is 0.277 e. The van der Waals surface area contributed by atoms with E-state index in [1.807, 2.05) is 6.92 Å². The number of benzene rings is 1. The summed E-state index contributed by atoms with van der Waals surface area (Å²) in [4.78, 5) is 25.5. The molecule has 0 aliphatic carbocycles. The first-order valence-corrected chi connectivity index (χ1v) is 11.2. The molecule has 0 radical (unpaired) electrons. The molecule has 29 heavy (non-hydrogen) atoms. The van der Waals surface area contributed by atoms with Gasteiger partial charge in [-0.1, -0.05) is 30.1 Å². The van der Waals surface area contributed by atoms with E-state index in [0.29, 0.717) is 17.1 Å². The van der Waals surface area contributed by atoms with Gasteiger partial charge in [-0.05, 0) is 18.6 Å². The van der Waals surface area contributed by atoms with Crippen LogP contribution < -0.4 is 5.56 Å². The topological polar surface area (TPSA) is 107 Å². The number of aromatic nitrogens is 4. The fraction of sp³-hybridized carbons (Fsp3) is 0.278. The van der Waals surface area contributed by atoms with Gasteiger partial charge in [0, 0.05) is 36.3 Å². The second-order valence-corrected chi connectivity index (χ2v) is 9.34. The molecule has 1 N–H and O–H groups in total. The van der Waals surface area contributed by atoms with E-state index in [1.54, 1.807) is 0 Å². The van der Waals surface area contributed by atoms with E-state index >= 15 is 0 Å². The van der Waals surface area contributed by atoms with Crippen LogP contribution in [-0.2, 0) is 29.9 Å². The first-order valence-electron chi connectivity index (χ1n) is 8.56. The molecule has 11 heteroatoms. The van der Waals surface area contributed by atoms with Crippen LogP contribution >= 0.6 is 23.2 Å². The third-order valence-corrected chi connectivity index (χ3v) is 6.28. The van der Waals surface area contributed by atoms with Crippen molar-refractivity contribution in [2.75, 3.05) is 6.26 Å². The Morgan fingerprint density at radius 3 is 2.52 bits per heavy atom. The number of ketones is 1. The Hall–Kier alpha value is -2.36. The molecule has 0 bridgehead atoms. The van der Waals surface area contributed by atoms with Crippen LogP contribution in [0.25, 0.3) is 0 Å². The van der Waals surface area contributed by atoms with Gasteiger partial charge in [0.2, 0.25) is 5.78 Å². The Bertz CT molecular complexity index is 1270. The summed E-state index contributed by atoms with van der Waals surface area (Å²) in [5, 5.41) is 7.21. The number of aryl methyl sites for hydroxylation is 2. The molecule has 3 rings (SSSR count). The minimum atomic E-state index is -3.64. The number of nitrogens with one attached hydrogen (secondary N) is 1. The predicted molar refractivity (Wildman–Crippen MR) is 110 cm³/mol. The third-order valence-electron chi connectivity index (χ3n) is 4.47. The highest BCUT2D eigenvalue weighted by atomic mass is 35.5. The van der Waals surface area contributed by atoms with Crippen LogP contribution in [0, 0.1) is 0 Å². The van der Waals surface area contributed by atoms with E-state index in [4.69, 9.17) is 23.2 Å². The summed E-state index contributed by atoms with van der Waals surface area (Å²) in [6, 6.07) is 2.64. The van der Waals surface area contributed by atoms with E-state index in [2.05, 4.69) is 10.2 Å². The van der Waals surface area contributed by atoms with Gasteiger partial charge in [0.25, 0.3) is 5.56 Å². The summed E-state index contributed by atoms with van der Waals surface area (Å²) in [6.07, 6.45) is 4.41. The number of hydrogen-bond donors (Lipinski definition) is 1. The number of carbonyl (C=O) groups excluding carboxylic acids is 1. The van der Waals surface area contributed by atoms with Crippen molar-refractivity contribution >= 4 is 38.8 Å². The monoisotopic (exact) mass is 456 g/mol. The number of rotatable bonds is 6. The predicted octanol–water partition coefficient (Wildman–Crippen LogP) is 2.46. The van der Waals surface area contributed by atoms with Gasteiger partial charge in [-0.15, -0.1) is 0 Å². The van der Waals surface area contributed by atoms with Crippen molar-refractivity contribution < 1.29 is 13.2 Å². The van der Waals surface area contributed by atoms with Gasteiger partial charge in [0.1, 0.15) is 5.56 Å². The number of aromatic amines is 1. The molecule has 0 saturated heterocycles. The molecule has 3 aromatic rings. The van der Waals surface area contributed by atoms with Crippen molar-refractivity contribution in [1.29, 1.82) is 0 Å². The molecular formula is C18H18Cl2N4O4S. The Morgan fingerprint density at radius 2 is 1.97 bits per heavy atom. The number of H-pyrrole nitrogens is 1. The number of nitrogens with zero attached hydrogens (tertiary/aromatic N) is 3. The summed E-state index contributed by atoms with van der Waals surface area (Å²) in [5.41, 5.74) is 0.225. The van der Waals surface area contributed by atoms with E-state index in [-0.39, 0.29) is 33.2 Å². The molecule has 8 nitrogen and oxygen atoms in total. The second-order valence-electron chi connectivity index (χ2n) is 6.54. The summed E-state index contributed by atoms with van der Waals surface area (Å²) in [6.45, 7) is 1.80. The average molecular weight is 457 g/mol. The van der Waals surface area contributed by atoms with Gasteiger partial charge >= 0.3 is 0 Å². The summed E-state index contributed by atoms with van der Waals surface area (Å²) in [7, 11) is -2.12. The number of carbonyl (C=O) groups is 1. The second kappa shape index (κ2) is 7.81. The van der Waals surface area contributed by atoms with Crippen LogP contribution in [0.1, 0.15) is 34.1 Å². The van der Waals surface area contributed by atoms with Gasteiger partial charge < -0.3 is 0 Å². The SMILES string of the molecule is CCc1[nH]n(C)c(=O)c1C(=O)c1ccc(S(C)(=O)=O)c(Cn2cc(Cl)cn2)c1Cl. The molecule has 1 aromatic carbocycles. The van der Waals surface area contributed by atoms with Crippen LogP contribution in [0.3, 0.4) is 0 Å². The van der Waals surface area contributed by atoms with Crippen molar-refractivity contribution in [3.8, 4) is 0 Å². The minimum Gasteiger partial charge on any atom is -0.299 e. The molecule has 0 fully saturated rings. The van der Waals surface area contributed by atoms with Crippen LogP contribution in [0.15, 0.2) is 34.2 Å². The highest BCUT2D eigenvalue weighted by molar-refractivity contribution is 7.90. The zero-order chi connectivity index (χ0) is 21.5. The number of sulfone groups is 1. The van der Waals surface area contributed by atoms with Gasteiger partial charge in [0.05, 0.1) is 27.7 Å². The van der Waals surface area contributed by atoms with Crippen molar-refractivity contribution in [2.24, 2.45) is 7.05 Å². The highest BCUT2D eigenvalue weighted by Gasteiger charge is 2.26. The van der Waals surface area contributed by atoms with Crippen molar-refractivity contribution in [3.05, 3.63) is 67.3 Å². The van der Waals surface area contributed by atoms with Crippen molar-refractivity contribution in [1.82, 2.24) is 19.6 Å². The summed E-state index contributed by atoms with van der Waals surface area (Å²) >= 11 is 12.4. The summed E-state index contributed by atoms with van der Waals surface area (Å²) < 4.78 is 27.1. The van der Waals surface area contributed by atoms with E-state index < -0.39 is 21.2 Å². The molecule has 0 spiro atoms. The van der Waals surface area contributed by atoms with Crippen molar-refractivity contribution in [2.45, 2.75) is 24.8 Å². The van der Waals surface area contributed by atoms with Gasteiger partial charge in [-0.25, -0.2) is 8.42 Å². The van der Waals surface area contributed by atoms with Crippen LogP contribution in [0.2, 0.25) is 10.0 Å². The lowest BCUT2D eigenvalue weighted by molar-refractivity contribution is 0.103. The molecule has 0 unspecified atom stereocenters. The highest BCUT2D eigenvalue weighted by Crippen LogP contribution is 2.30. The van der Waals surface area contributed by atoms with Gasteiger partial charge in [0.15, 0.2) is 9.84 Å². The molecule has 2 heterocycles.